The molecule has 2 aliphatic rings. The first-order chi connectivity index (χ1) is 11.8. The van der Waals surface area contributed by atoms with Crippen molar-refractivity contribution in [2.75, 3.05) is 18.0 Å². The summed E-state index contributed by atoms with van der Waals surface area (Å²) in [5, 5.41) is 4.33. The average Bonchev–Trinajstić information content (AvgIpc) is 3.11. The van der Waals surface area contributed by atoms with Crippen molar-refractivity contribution in [3.63, 3.8) is 0 Å². The molecular formula is C19H21N5. The lowest BCUT2D eigenvalue weighted by molar-refractivity contribution is 0.186. The fourth-order valence-electron chi connectivity index (χ4n) is 4.47. The van der Waals surface area contributed by atoms with Crippen LogP contribution in [0.3, 0.4) is 0 Å². The van der Waals surface area contributed by atoms with Crippen molar-refractivity contribution in [2.45, 2.75) is 32.1 Å². The van der Waals surface area contributed by atoms with E-state index in [1.165, 1.54) is 32.1 Å². The van der Waals surface area contributed by atoms with Crippen molar-refractivity contribution in [3.8, 4) is 0 Å². The molecule has 5 heteroatoms. The van der Waals surface area contributed by atoms with Gasteiger partial charge in [-0.05, 0) is 54.7 Å². The van der Waals surface area contributed by atoms with Crippen molar-refractivity contribution in [1.82, 2.24) is 19.6 Å². The number of benzene rings is 1. The van der Waals surface area contributed by atoms with Gasteiger partial charge >= 0.3 is 0 Å². The van der Waals surface area contributed by atoms with Crippen molar-refractivity contribution < 1.29 is 0 Å². The summed E-state index contributed by atoms with van der Waals surface area (Å²) in [5.74, 6) is 1.79. The van der Waals surface area contributed by atoms with Gasteiger partial charge in [0.25, 0.3) is 5.78 Å². The van der Waals surface area contributed by atoms with Crippen LogP contribution >= 0.6 is 0 Å². The molecule has 3 aromatic rings. The standard InChI is InChI=1S/C19H21N5/c1-2-4-16-13-19(7-5-15(16)3-1)8-11-23(12-9-19)17-6-10-20-18-21-14-22-24(17)18/h1-4,6,10,14H,5,7-9,11-13H2. The highest BCUT2D eigenvalue weighted by Crippen LogP contribution is 2.44. The van der Waals surface area contributed by atoms with Crippen LogP contribution in [0.4, 0.5) is 5.82 Å². The number of hydrogen-bond donors (Lipinski definition) is 0. The fraction of sp³-hybridized carbons (Fsp3) is 0.421. The maximum absolute atomic E-state index is 4.33. The van der Waals surface area contributed by atoms with E-state index in [-0.39, 0.29) is 0 Å². The van der Waals surface area contributed by atoms with Gasteiger partial charge in [-0.3, -0.25) is 0 Å². The highest BCUT2D eigenvalue weighted by Gasteiger charge is 2.37. The number of rotatable bonds is 1. The minimum absolute atomic E-state index is 0.485. The molecule has 1 spiro atoms. The van der Waals surface area contributed by atoms with Gasteiger partial charge in [-0.1, -0.05) is 24.3 Å². The lowest BCUT2D eigenvalue weighted by Gasteiger charge is -2.45. The van der Waals surface area contributed by atoms with E-state index >= 15 is 0 Å². The number of anilines is 1. The smallest absolute Gasteiger partial charge is 0.254 e. The Morgan fingerprint density at radius 3 is 2.62 bits per heavy atom. The molecule has 122 valence electrons. The highest BCUT2D eigenvalue weighted by molar-refractivity contribution is 5.45. The zero-order valence-corrected chi connectivity index (χ0v) is 13.7. The molecule has 1 aliphatic heterocycles. The highest BCUT2D eigenvalue weighted by atomic mass is 15.4. The van der Waals surface area contributed by atoms with Crippen LogP contribution in [0.5, 0.6) is 0 Å². The first kappa shape index (κ1) is 14.0. The third-order valence-corrected chi connectivity index (χ3v) is 5.92. The van der Waals surface area contributed by atoms with Crippen molar-refractivity contribution in [3.05, 3.63) is 54.0 Å². The van der Waals surface area contributed by atoms with Crippen molar-refractivity contribution >= 4 is 11.6 Å². The van der Waals surface area contributed by atoms with E-state index in [1.807, 2.05) is 10.7 Å². The minimum atomic E-state index is 0.485. The van der Waals surface area contributed by atoms with E-state index in [2.05, 4.69) is 50.3 Å². The van der Waals surface area contributed by atoms with Gasteiger partial charge in [0.05, 0.1) is 0 Å². The molecular weight excluding hydrogens is 298 g/mol. The summed E-state index contributed by atoms with van der Waals surface area (Å²) in [7, 11) is 0. The summed E-state index contributed by atoms with van der Waals surface area (Å²) in [6, 6.07) is 11.0. The topological polar surface area (TPSA) is 46.3 Å². The summed E-state index contributed by atoms with van der Waals surface area (Å²) in [6.07, 6.45) is 9.72. The Hall–Kier alpha value is -2.43. The number of nitrogens with zero attached hydrogens (tertiary/aromatic N) is 5. The van der Waals surface area contributed by atoms with E-state index in [0.717, 1.165) is 18.9 Å². The maximum atomic E-state index is 4.33. The molecule has 5 nitrogen and oxygen atoms in total. The molecule has 0 amide bonds. The second-order valence-corrected chi connectivity index (χ2v) is 7.21. The fourth-order valence-corrected chi connectivity index (χ4v) is 4.47. The molecule has 0 unspecified atom stereocenters. The number of aryl methyl sites for hydroxylation is 1. The Morgan fingerprint density at radius 2 is 1.75 bits per heavy atom. The third-order valence-electron chi connectivity index (χ3n) is 5.92. The quantitative estimate of drug-likeness (QED) is 0.692. The van der Waals surface area contributed by atoms with Crippen molar-refractivity contribution in [2.24, 2.45) is 5.41 Å². The predicted octanol–water partition coefficient (Wildman–Crippen LogP) is 2.90. The molecule has 1 aliphatic carbocycles. The molecule has 0 saturated carbocycles. The Bertz CT molecular complexity index is 876. The maximum Gasteiger partial charge on any atom is 0.254 e. The van der Waals surface area contributed by atoms with Crippen molar-refractivity contribution in [1.29, 1.82) is 0 Å². The monoisotopic (exact) mass is 319 g/mol. The summed E-state index contributed by atoms with van der Waals surface area (Å²) in [6.45, 7) is 2.17. The minimum Gasteiger partial charge on any atom is -0.356 e. The van der Waals surface area contributed by atoms with Gasteiger partial charge in [-0.15, -0.1) is 0 Å². The molecule has 0 N–H and O–H groups in total. The normalized spacial score (nSPS) is 19.6. The zero-order valence-electron chi connectivity index (χ0n) is 13.7. The Labute approximate surface area is 141 Å². The molecule has 1 aromatic carbocycles. The molecule has 1 saturated heterocycles. The Kier molecular flexibility index (Phi) is 3.08. The molecule has 5 rings (SSSR count). The van der Waals surface area contributed by atoms with Crippen LogP contribution in [0, 0.1) is 5.41 Å². The summed E-state index contributed by atoms with van der Waals surface area (Å²) >= 11 is 0. The zero-order chi connectivity index (χ0) is 16.0. The van der Waals surface area contributed by atoms with Gasteiger partial charge in [-0.2, -0.15) is 14.6 Å². The first-order valence-corrected chi connectivity index (χ1v) is 8.80. The molecule has 0 radical (unpaired) electrons. The number of piperidine rings is 1. The number of aromatic nitrogens is 4. The summed E-state index contributed by atoms with van der Waals surface area (Å²) in [4.78, 5) is 10.9. The van der Waals surface area contributed by atoms with Gasteiger partial charge in [0.1, 0.15) is 12.1 Å². The molecule has 0 bridgehead atoms. The van der Waals surface area contributed by atoms with Gasteiger partial charge < -0.3 is 4.90 Å². The SMILES string of the molecule is c1ccc2c(c1)CCC1(CCN(c3ccnc4ncnn34)CC1)C2. The predicted molar refractivity (Wildman–Crippen MR) is 93.1 cm³/mol. The van der Waals surface area contributed by atoms with Crippen LogP contribution in [-0.4, -0.2) is 32.7 Å². The van der Waals surface area contributed by atoms with Crippen LogP contribution < -0.4 is 4.90 Å². The first-order valence-electron chi connectivity index (χ1n) is 8.80. The van der Waals surface area contributed by atoms with E-state index in [4.69, 9.17) is 0 Å². The van der Waals surface area contributed by atoms with Gasteiger partial charge in [-0.25, -0.2) is 4.98 Å². The number of fused-ring (bicyclic) bond motifs is 2. The van der Waals surface area contributed by atoms with Crippen LogP contribution in [0.15, 0.2) is 42.9 Å². The second kappa shape index (κ2) is 5.30. The Balaban J connectivity index is 1.37. The van der Waals surface area contributed by atoms with Crippen LogP contribution in [0.1, 0.15) is 30.4 Å². The molecule has 1 fully saturated rings. The lowest BCUT2D eigenvalue weighted by atomic mass is 9.66. The lowest BCUT2D eigenvalue weighted by Crippen LogP contribution is -2.43. The molecule has 24 heavy (non-hydrogen) atoms. The molecule has 0 atom stereocenters. The second-order valence-electron chi connectivity index (χ2n) is 7.21. The molecule has 3 heterocycles. The van der Waals surface area contributed by atoms with Gasteiger partial charge in [0.2, 0.25) is 0 Å². The largest absolute Gasteiger partial charge is 0.356 e. The van der Waals surface area contributed by atoms with Crippen LogP contribution in [-0.2, 0) is 12.8 Å². The van der Waals surface area contributed by atoms with E-state index < -0.39 is 0 Å². The summed E-state index contributed by atoms with van der Waals surface area (Å²) < 4.78 is 1.86. The van der Waals surface area contributed by atoms with Gasteiger partial charge in [0.15, 0.2) is 0 Å². The summed E-state index contributed by atoms with van der Waals surface area (Å²) in [5.41, 5.74) is 3.61. The van der Waals surface area contributed by atoms with Crippen LogP contribution in [0.25, 0.3) is 5.78 Å². The molecule has 2 aromatic heterocycles. The number of hydrogen-bond acceptors (Lipinski definition) is 4. The van der Waals surface area contributed by atoms with Crippen LogP contribution in [0.2, 0.25) is 0 Å². The van der Waals surface area contributed by atoms with Gasteiger partial charge in [0, 0.05) is 19.3 Å². The Morgan fingerprint density at radius 1 is 0.917 bits per heavy atom. The van der Waals surface area contributed by atoms with E-state index in [1.54, 1.807) is 17.5 Å². The van der Waals surface area contributed by atoms with E-state index in [9.17, 15) is 0 Å². The van der Waals surface area contributed by atoms with E-state index in [0.29, 0.717) is 11.2 Å². The third kappa shape index (κ3) is 2.19. The average molecular weight is 319 g/mol.